The average Bonchev–Trinajstić information content (AvgIpc) is 2.81. The van der Waals surface area contributed by atoms with E-state index in [2.05, 4.69) is 5.32 Å². The molecule has 0 saturated heterocycles. The van der Waals surface area contributed by atoms with Crippen LogP contribution in [0.2, 0.25) is 0 Å². The highest BCUT2D eigenvalue weighted by Crippen LogP contribution is 2.32. The Bertz CT molecular complexity index is 1290. The molecule has 3 aromatic rings. The van der Waals surface area contributed by atoms with Crippen molar-refractivity contribution in [2.75, 3.05) is 25.1 Å². The predicted octanol–water partition coefficient (Wildman–Crippen LogP) is 4.53. The van der Waals surface area contributed by atoms with Gasteiger partial charge in [-0.05, 0) is 73.9 Å². The lowest BCUT2D eigenvalue weighted by Crippen LogP contribution is -2.41. The van der Waals surface area contributed by atoms with E-state index in [1.807, 2.05) is 19.9 Å². The van der Waals surface area contributed by atoms with E-state index in [-0.39, 0.29) is 16.5 Å². The molecule has 186 valence electrons. The van der Waals surface area contributed by atoms with Crippen LogP contribution in [0.25, 0.3) is 0 Å². The van der Waals surface area contributed by atoms with Gasteiger partial charge in [0.1, 0.15) is 12.4 Å². The van der Waals surface area contributed by atoms with Crippen LogP contribution in [0, 0.1) is 19.7 Å². The van der Waals surface area contributed by atoms with Gasteiger partial charge in [-0.2, -0.15) is 0 Å². The summed E-state index contributed by atoms with van der Waals surface area (Å²) in [6.45, 7) is 5.00. The third kappa shape index (κ3) is 6.10. The number of carbonyl (C=O) groups excluding carboxylic acids is 1. The van der Waals surface area contributed by atoms with Gasteiger partial charge in [0.05, 0.1) is 30.8 Å². The van der Waals surface area contributed by atoms with Crippen LogP contribution in [0.5, 0.6) is 11.5 Å². The molecule has 0 aliphatic rings. The molecule has 0 bridgehead atoms. The summed E-state index contributed by atoms with van der Waals surface area (Å²) in [5.41, 5.74) is 2.77. The van der Waals surface area contributed by atoms with Crippen LogP contribution in [0.15, 0.2) is 65.6 Å². The van der Waals surface area contributed by atoms with Crippen molar-refractivity contribution in [1.29, 1.82) is 0 Å². The SMILES string of the molecule is COc1ccc(S(=O)(=O)N(CC(=O)NC(C)c2ccc(F)cc2)c2cc(C)cc(C)c2)cc1OC. The number of rotatable bonds is 9. The minimum atomic E-state index is -4.16. The van der Waals surface area contributed by atoms with Crippen molar-refractivity contribution >= 4 is 21.6 Å². The van der Waals surface area contributed by atoms with Gasteiger partial charge in [0, 0.05) is 6.07 Å². The molecule has 1 amide bonds. The maximum atomic E-state index is 13.8. The fourth-order valence-electron chi connectivity index (χ4n) is 3.77. The highest BCUT2D eigenvalue weighted by atomic mass is 32.2. The molecule has 0 heterocycles. The monoisotopic (exact) mass is 500 g/mol. The molecule has 35 heavy (non-hydrogen) atoms. The first-order valence-corrected chi connectivity index (χ1v) is 12.4. The van der Waals surface area contributed by atoms with E-state index >= 15 is 0 Å². The number of anilines is 1. The Balaban J connectivity index is 1.98. The molecule has 1 unspecified atom stereocenters. The smallest absolute Gasteiger partial charge is 0.264 e. The largest absolute Gasteiger partial charge is 0.493 e. The Morgan fingerprint density at radius 3 is 2.11 bits per heavy atom. The number of hydrogen-bond acceptors (Lipinski definition) is 5. The number of hydrogen-bond donors (Lipinski definition) is 1. The fourth-order valence-corrected chi connectivity index (χ4v) is 5.19. The van der Waals surface area contributed by atoms with Gasteiger partial charge in [-0.15, -0.1) is 0 Å². The van der Waals surface area contributed by atoms with E-state index < -0.39 is 28.5 Å². The number of halogens is 1. The maximum absolute atomic E-state index is 13.8. The number of carbonyl (C=O) groups is 1. The Hall–Kier alpha value is -3.59. The summed E-state index contributed by atoms with van der Waals surface area (Å²) < 4.78 is 52.3. The second kappa shape index (κ2) is 10.8. The zero-order valence-electron chi connectivity index (χ0n) is 20.3. The van der Waals surface area contributed by atoms with E-state index in [9.17, 15) is 17.6 Å². The van der Waals surface area contributed by atoms with Crippen molar-refractivity contribution in [2.45, 2.75) is 31.7 Å². The van der Waals surface area contributed by atoms with Crippen molar-refractivity contribution in [3.63, 3.8) is 0 Å². The molecule has 0 aliphatic carbocycles. The Labute approximate surface area is 205 Å². The lowest BCUT2D eigenvalue weighted by molar-refractivity contribution is -0.120. The normalized spacial score (nSPS) is 12.1. The van der Waals surface area contributed by atoms with Gasteiger partial charge < -0.3 is 14.8 Å². The van der Waals surface area contributed by atoms with Gasteiger partial charge in [-0.1, -0.05) is 18.2 Å². The van der Waals surface area contributed by atoms with Gasteiger partial charge in [-0.25, -0.2) is 12.8 Å². The molecule has 3 aromatic carbocycles. The van der Waals surface area contributed by atoms with Gasteiger partial charge in [-0.3, -0.25) is 9.10 Å². The minimum Gasteiger partial charge on any atom is -0.493 e. The first kappa shape index (κ1) is 26.0. The van der Waals surface area contributed by atoms with Crippen molar-refractivity contribution < 1.29 is 27.1 Å². The highest BCUT2D eigenvalue weighted by Gasteiger charge is 2.29. The van der Waals surface area contributed by atoms with Crippen LogP contribution in [0.4, 0.5) is 10.1 Å². The summed E-state index contributed by atoms with van der Waals surface area (Å²) in [6.07, 6.45) is 0. The second-order valence-electron chi connectivity index (χ2n) is 8.22. The van der Waals surface area contributed by atoms with E-state index in [0.29, 0.717) is 17.0 Å². The second-order valence-corrected chi connectivity index (χ2v) is 10.1. The third-order valence-electron chi connectivity index (χ3n) is 5.47. The number of benzene rings is 3. The van der Waals surface area contributed by atoms with Crippen LogP contribution in [0.1, 0.15) is 29.7 Å². The van der Waals surface area contributed by atoms with Crippen molar-refractivity contribution in [3.05, 3.63) is 83.2 Å². The van der Waals surface area contributed by atoms with Gasteiger partial charge >= 0.3 is 0 Å². The van der Waals surface area contributed by atoms with E-state index in [1.54, 1.807) is 31.2 Å². The molecule has 0 radical (unpaired) electrons. The first-order chi connectivity index (χ1) is 16.5. The van der Waals surface area contributed by atoms with Gasteiger partial charge in [0.25, 0.3) is 10.0 Å². The average molecular weight is 501 g/mol. The number of nitrogens with zero attached hydrogens (tertiary/aromatic N) is 1. The quantitative estimate of drug-likeness (QED) is 0.467. The summed E-state index contributed by atoms with van der Waals surface area (Å²) in [4.78, 5) is 13.0. The predicted molar refractivity (Wildman–Crippen MR) is 133 cm³/mol. The van der Waals surface area contributed by atoms with Crippen molar-refractivity contribution in [1.82, 2.24) is 5.32 Å². The molecule has 0 fully saturated rings. The minimum absolute atomic E-state index is 0.0475. The molecule has 3 rings (SSSR count). The molecule has 7 nitrogen and oxygen atoms in total. The molecule has 0 saturated carbocycles. The van der Waals surface area contributed by atoms with Crippen LogP contribution >= 0.6 is 0 Å². The molecule has 0 aliphatic heterocycles. The van der Waals surface area contributed by atoms with Crippen LogP contribution in [-0.2, 0) is 14.8 Å². The molecule has 1 N–H and O–H groups in total. The number of ether oxygens (including phenoxy) is 2. The zero-order chi connectivity index (χ0) is 25.8. The molecular weight excluding hydrogens is 471 g/mol. The zero-order valence-corrected chi connectivity index (χ0v) is 21.1. The van der Waals surface area contributed by atoms with Crippen LogP contribution in [0.3, 0.4) is 0 Å². The highest BCUT2D eigenvalue weighted by molar-refractivity contribution is 7.92. The Morgan fingerprint density at radius 2 is 1.54 bits per heavy atom. The first-order valence-electron chi connectivity index (χ1n) is 10.9. The van der Waals surface area contributed by atoms with Crippen LogP contribution < -0.4 is 19.1 Å². The van der Waals surface area contributed by atoms with E-state index in [4.69, 9.17) is 9.47 Å². The fraction of sp³-hybridized carbons (Fsp3) is 0.269. The van der Waals surface area contributed by atoms with Crippen molar-refractivity contribution in [3.8, 4) is 11.5 Å². The van der Waals surface area contributed by atoms with Gasteiger partial charge in [0.15, 0.2) is 11.5 Å². The van der Waals surface area contributed by atoms with Crippen molar-refractivity contribution in [2.24, 2.45) is 0 Å². The van der Waals surface area contributed by atoms with E-state index in [0.717, 1.165) is 15.4 Å². The number of methoxy groups -OCH3 is 2. The summed E-state index contributed by atoms with van der Waals surface area (Å²) in [6, 6.07) is 14.9. The summed E-state index contributed by atoms with van der Waals surface area (Å²) >= 11 is 0. The standard InChI is InChI=1S/C26H29FN2O5S/c1-17-12-18(2)14-22(13-17)29(16-26(30)28-19(3)20-6-8-21(27)9-7-20)35(31,32)23-10-11-24(33-4)25(15-23)34-5/h6-15,19H,16H2,1-5H3,(H,28,30). The molecule has 0 spiro atoms. The number of aryl methyl sites for hydroxylation is 2. The van der Waals surface area contributed by atoms with E-state index in [1.165, 1.54) is 44.6 Å². The summed E-state index contributed by atoms with van der Waals surface area (Å²) in [5, 5.41) is 2.80. The molecule has 9 heteroatoms. The lowest BCUT2D eigenvalue weighted by atomic mass is 10.1. The Morgan fingerprint density at radius 1 is 0.943 bits per heavy atom. The number of sulfonamides is 1. The lowest BCUT2D eigenvalue weighted by Gasteiger charge is -2.26. The number of nitrogens with one attached hydrogen (secondary N) is 1. The maximum Gasteiger partial charge on any atom is 0.264 e. The molecular formula is C26H29FN2O5S. The number of amides is 1. The topological polar surface area (TPSA) is 84.9 Å². The Kier molecular flexibility index (Phi) is 8.01. The van der Waals surface area contributed by atoms with Gasteiger partial charge in [0.2, 0.25) is 5.91 Å². The molecule has 0 aromatic heterocycles. The third-order valence-corrected chi connectivity index (χ3v) is 7.24. The van der Waals surface area contributed by atoms with Crippen LogP contribution in [-0.4, -0.2) is 35.1 Å². The summed E-state index contributed by atoms with van der Waals surface area (Å²) in [5.74, 6) is -0.252. The summed E-state index contributed by atoms with van der Waals surface area (Å²) in [7, 11) is -1.28. The molecule has 1 atom stereocenters.